The Morgan fingerprint density at radius 3 is 1.08 bits per heavy atom. The fourth-order valence-corrected chi connectivity index (χ4v) is 8.35. The molecule has 0 heterocycles. The van der Waals surface area contributed by atoms with Gasteiger partial charge in [-0.15, -0.1) is 0 Å². The van der Waals surface area contributed by atoms with Crippen molar-refractivity contribution >= 4 is 5.91 Å². The second-order valence-corrected chi connectivity index (χ2v) is 18.8. The van der Waals surface area contributed by atoms with Crippen LogP contribution in [-0.2, 0) is 4.79 Å². The number of nitrogens with one attached hydrogen (secondary N) is 1. The standard InChI is InChI=1S/C57H107NO4/c1-3-5-7-9-11-13-15-17-19-21-23-25-26-27-28-29-30-31-32-34-36-38-40-42-44-46-48-50-52-56(61)57(62)58-54(53-59)55(60)51-49-47-45-43-41-39-37-35-33-24-22-20-18-16-14-12-10-8-6-4-2/h23,25,27-28,41,43,49,51,54-56,59-61H,3-22,24,26,29-40,42,44-48,50,52-53H2,1-2H3,(H,58,62)/b25-23-,28-27-,43-41+,51-49+. The van der Waals surface area contributed by atoms with Crippen molar-refractivity contribution in [2.45, 2.75) is 302 Å². The van der Waals surface area contributed by atoms with Gasteiger partial charge in [-0.3, -0.25) is 4.79 Å². The number of hydrogen-bond donors (Lipinski definition) is 4. The highest BCUT2D eigenvalue weighted by atomic mass is 16.3. The Morgan fingerprint density at radius 1 is 0.403 bits per heavy atom. The molecule has 0 saturated heterocycles. The number of unbranched alkanes of at least 4 members (excludes halogenated alkanes) is 36. The molecule has 4 N–H and O–H groups in total. The first kappa shape index (κ1) is 60.3. The molecule has 364 valence electrons. The predicted molar refractivity (Wildman–Crippen MR) is 273 cm³/mol. The molecule has 0 aromatic carbocycles. The molecule has 5 nitrogen and oxygen atoms in total. The van der Waals surface area contributed by atoms with Gasteiger partial charge in [-0.2, -0.15) is 0 Å². The largest absolute Gasteiger partial charge is 0.394 e. The normalized spacial score (nSPS) is 13.7. The first-order chi connectivity index (χ1) is 30.6. The van der Waals surface area contributed by atoms with E-state index in [1.807, 2.05) is 6.08 Å². The van der Waals surface area contributed by atoms with Gasteiger partial charge in [0.15, 0.2) is 0 Å². The van der Waals surface area contributed by atoms with Gasteiger partial charge in [0.2, 0.25) is 5.91 Å². The van der Waals surface area contributed by atoms with Gasteiger partial charge >= 0.3 is 0 Å². The molecule has 0 radical (unpaired) electrons. The Morgan fingerprint density at radius 2 is 0.710 bits per heavy atom. The van der Waals surface area contributed by atoms with E-state index < -0.39 is 24.2 Å². The van der Waals surface area contributed by atoms with Gasteiger partial charge in [0, 0.05) is 0 Å². The molecular formula is C57H107NO4. The number of rotatable bonds is 50. The van der Waals surface area contributed by atoms with Crippen LogP contribution in [0.4, 0.5) is 0 Å². The molecule has 0 aliphatic carbocycles. The maximum absolute atomic E-state index is 12.5. The summed E-state index contributed by atoms with van der Waals surface area (Å²) in [6.45, 7) is 4.19. The number of allylic oxidation sites excluding steroid dienone is 7. The summed E-state index contributed by atoms with van der Waals surface area (Å²) >= 11 is 0. The van der Waals surface area contributed by atoms with Gasteiger partial charge in [0.1, 0.15) is 6.10 Å². The van der Waals surface area contributed by atoms with Gasteiger partial charge in [-0.25, -0.2) is 0 Å². The van der Waals surface area contributed by atoms with Crippen LogP contribution >= 0.6 is 0 Å². The number of hydrogen-bond acceptors (Lipinski definition) is 4. The lowest BCUT2D eigenvalue weighted by Crippen LogP contribution is -2.48. The number of carbonyl (C=O) groups is 1. The Labute approximate surface area is 387 Å². The van der Waals surface area contributed by atoms with Crippen molar-refractivity contribution in [2.75, 3.05) is 6.61 Å². The van der Waals surface area contributed by atoms with E-state index in [2.05, 4.69) is 55.6 Å². The van der Waals surface area contributed by atoms with E-state index in [-0.39, 0.29) is 6.61 Å². The molecule has 0 spiro atoms. The molecule has 0 rings (SSSR count). The van der Waals surface area contributed by atoms with Crippen molar-refractivity contribution in [3.05, 3.63) is 48.6 Å². The SMILES string of the molecule is CCCCCCCCCCC/C=C\C/C=C\CCCCCCCCCCCCCCC(O)C(=O)NC(CO)C(O)/C=C/CC/C=C/CCCCCCCCCCCCCCCC. The van der Waals surface area contributed by atoms with Crippen LogP contribution < -0.4 is 5.32 Å². The Hall–Kier alpha value is -1.69. The van der Waals surface area contributed by atoms with Gasteiger partial charge in [-0.05, 0) is 64.2 Å². The van der Waals surface area contributed by atoms with E-state index in [9.17, 15) is 20.1 Å². The summed E-state index contributed by atoms with van der Waals surface area (Å²) in [5.74, 6) is -0.512. The molecule has 3 atom stereocenters. The third kappa shape index (κ3) is 46.3. The lowest BCUT2D eigenvalue weighted by atomic mass is 10.0. The Balaban J connectivity index is 3.62. The predicted octanol–water partition coefficient (Wildman–Crippen LogP) is 16.8. The first-order valence-corrected chi connectivity index (χ1v) is 27.5. The van der Waals surface area contributed by atoms with Gasteiger partial charge in [0.05, 0.1) is 18.8 Å². The fraction of sp³-hybridized carbons (Fsp3) is 0.842. The zero-order chi connectivity index (χ0) is 45.1. The fourth-order valence-electron chi connectivity index (χ4n) is 8.35. The molecule has 5 heteroatoms. The highest BCUT2D eigenvalue weighted by Gasteiger charge is 2.22. The van der Waals surface area contributed by atoms with Gasteiger partial charge < -0.3 is 20.6 Å². The smallest absolute Gasteiger partial charge is 0.249 e. The molecule has 62 heavy (non-hydrogen) atoms. The number of amides is 1. The van der Waals surface area contributed by atoms with Crippen LogP contribution in [0, 0.1) is 0 Å². The summed E-state index contributed by atoms with van der Waals surface area (Å²) in [5, 5.41) is 33.3. The van der Waals surface area contributed by atoms with Crippen molar-refractivity contribution < 1.29 is 20.1 Å². The number of aliphatic hydroxyl groups excluding tert-OH is 3. The molecule has 0 aliphatic heterocycles. The van der Waals surface area contributed by atoms with Crippen LogP contribution in [0.5, 0.6) is 0 Å². The van der Waals surface area contributed by atoms with E-state index in [1.165, 1.54) is 218 Å². The van der Waals surface area contributed by atoms with E-state index in [4.69, 9.17) is 0 Å². The molecule has 3 unspecified atom stereocenters. The van der Waals surface area contributed by atoms with E-state index in [0.717, 1.165) is 44.9 Å². The van der Waals surface area contributed by atoms with E-state index >= 15 is 0 Å². The average Bonchev–Trinajstić information content (AvgIpc) is 3.28. The monoisotopic (exact) mass is 870 g/mol. The molecule has 0 fully saturated rings. The molecule has 0 aliphatic rings. The molecule has 0 aromatic heterocycles. The van der Waals surface area contributed by atoms with E-state index in [0.29, 0.717) is 6.42 Å². The van der Waals surface area contributed by atoms with Crippen molar-refractivity contribution in [1.29, 1.82) is 0 Å². The summed E-state index contributed by atoms with van der Waals surface area (Å²) < 4.78 is 0. The highest BCUT2D eigenvalue weighted by Crippen LogP contribution is 2.16. The minimum Gasteiger partial charge on any atom is -0.394 e. The topological polar surface area (TPSA) is 89.8 Å². The van der Waals surface area contributed by atoms with Crippen LogP contribution in [0.15, 0.2) is 48.6 Å². The molecule has 0 bridgehead atoms. The quantitative estimate of drug-likeness (QED) is 0.0362. The average molecular weight is 870 g/mol. The zero-order valence-corrected chi connectivity index (χ0v) is 41.5. The maximum atomic E-state index is 12.5. The van der Waals surface area contributed by atoms with Gasteiger partial charge in [-0.1, -0.05) is 268 Å². The zero-order valence-electron chi connectivity index (χ0n) is 41.5. The first-order valence-electron chi connectivity index (χ1n) is 27.5. The maximum Gasteiger partial charge on any atom is 0.249 e. The second-order valence-electron chi connectivity index (χ2n) is 18.8. The van der Waals surface area contributed by atoms with Crippen molar-refractivity contribution in [2.24, 2.45) is 0 Å². The lowest BCUT2D eigenvalue weighted by molar-refractivity contribution is -0.131. The van der Waals surface area contributed by atoms with Crippen molar-refractivity contribution in [3.63, 3.8) is 0 Å². The summed E-state index contributed by atoms with van der Waals surface area (Å²) in [6, 6.07) is -0.817. The van der Waals surface area contributed by atoms with E-state index in [1.54, 1.807) is 6.08 Å². The molecule has 0 aromatic rings. The minimum atomic E-state index is -1.11. The Kier molecular flexibility index (Phi) is 50.5. The molecular weight excluding hydrogens is 763 g/mol. The Bertz CT molecular complexity index is 1000. The van der Waals surface area contributed by atoms with Gasteiger partial charge in [0.25, 0.3) is 0 Å². The highest BCUT2D eigenvalue weighted by molar-refractivity contribution is 5.80. The van der Waals surface area contributed by atoms with Crippen molar-refractivity contribution in [3.8, 4) is 0 Å². The van der Waals surface area contributed by atoms with Crippen LogP contribution in [0.25, 0.3) is 0 Å². The summed E-state index contributed by atoms with van der Waals surface area (Å²) in [6.07, 6.45) is 69.0. The second kappa shape index (κ2) is 51.9. The number of carbonyl (C=O) groups excluding carboxylic acids is 1. The number of aliphatic hydroxyl groups is 3. The molecule has 1 amide bonds. The van der Waals surface area contributed by atoms with Crippen LogP contribution in [0.2, 0.25) is 0 Å². The summed E-state index contributed by atoms with van der Waals surface area (Å²) in [4.78, 5) is 12.5. The van der Waals surface area contributed by atoms with Crippen LogP contribution in [0.1, 0.15) is 284 Å². The molecule has 0 saturated carbocycles. The van der Waals surface area contributed by atoms with Crippen LogP contribution in [0.3, 0.4) is 0 Å². The third-order valence-corrected chi connectivity index (χ3v) is 12.6. The van der Waals surface area contributed by atoms with Crippen LogP contribution in [-0.4, -0.2) is 46.1 Å². The third-order valence-electron chi connectivity index (χ3n) is 12.6. The summed E-state index contributed by atoms with van der Waals surface area (Å²) in [5.41, 5.74) is 0. The van der Waals surface area contributed by atoms with Crippen molar-refractivity contribution in [1.82, 2.24) is 5.32 Å². The summed E-state index contributed by atoms with van der Waals surface area (Å²) in [7, 11) is 0. The lowest BCUT2D eigenvalue weighted by Gasteiger charge is -2.21. The minimum absolute atomic E-state index is 0.377.